The molecule has 1 unspecified atom stereocenters. The molecule has 0 spiro atoms. The van der Waals surface area contributed by atoms with E-state index in [1.54, 1.807) is 0 Å². The van der Waals surface area contributed by atoms with Crippen molar-refractivity contribution in [2.75, 3.05) is 7.05 Å². The fourth-order valence-corrected chi connectivity index (χ4v) is 5.52. The van der Waals surface area contributed by atoms with Crippen LogP contribution in [0.3, 0.4) is 0 Å². The third kappa shape index (κ3) is 1.83. The molecular weight excluding hydrogens is 330 g/mol. The fourth-order valence-electron chi connectivity index (χ4n) is 3.87. The molecule has 1 fully saturated rings. The van der Waals surface area contributed by atoms with Crippen molar-refractivity contribution < 1.29 is 0 Å². The predicted octanol–water partition coefficient (Wildman–Crippen LogP) is 5.61. The first-order chi connectivity index (χ1) is 9.32. The topological polar surface area (TPSA) is 12.0 Å². The maximum Gasteiger partial charge on any atom is 0.0488 e. The van der Waals surface area contributed by atoms with Gasteiger partial charge in [-0.1, -0.05) is 39.8 Å². The van der Waals surface area contributed by atoms with E-state index >= 15 is 0 Å². The smallest absolute Gasteiger partial charge is 0.0488 e. The molecule has 1 aromatic carbocycles. The highest BCUT2D eigenvalue weighted by Gasteiger charge is 2.67. The maximum atomic E-state index is 3.67. The van der Waals surface area contributed by atoms with Crippen LogP contribution in [0, 0.1) is 16.7 Å². The third-order valence-electron chi connectivity index (χ3n) is 5.69. The highest BCUT2D eigenvalue weighted by molar-refractivity contribution is 9.10. The highest BCUT2D eigenvalue weighted by atomic mass is 79.9. The Morgan fingerprint density at radius 2 is 1.85 bits per heavy atom. The molecule has 3 heteroatoms. The Morgan fingerprint density at radius 3 is 2.40 bits per heavy atom. The van der Waals surface area contributed by atoms with Gasteiger partial charge in [0.15, 0.2) is 0 Å². The van der Waals surface area contributed by atoms with Gasteiger partial charge >= 0.3 is 0 Å². The second-order valence-corrected chi connectivity index (χ2v) is 8.73. The van der Waals surface area contributed by atoms with Gasteiger partial charge in [-0.15, -0.1) is 11.3 Å². The van der Waals surface area contributed by atoms with Gasteiger partial charge in [0.25, 0.3) is 0 Å². The van der Waals surface area contributed by atoms with E-state index in [2.05, 4.69) is 79.6 Å². The zero-order valence-corrected chi connectivity index (χ0v) is 15.2. The average molecular weight is 352 g/mol. The summed E-state index contributed by atoms with van der Waals surface area (Å²) in [4.78, 5) is 0. The number of nitrogens with one attached hydrogen (secondary N) is 1. The van der Waals surface area contributed by atoms with Crippen molar-refractivity contribution in [3.05, 3.63) is 33.6 Å². The van der Waals surface area contributed by atoms with Crippen molar-refractivity contribution in [3.63, 3.8) is 0 Å². The van der Waals surface area contributed by atoms with Crippen molar-refractivity contribution in [3.8, 4) is 0 Å². The Labute approximate surface area is 133 Å². The second-order valence-electron chi connectivity index (χ2n) is 6.99. The van der Waals surface area contributed by atoms with Crippen LogP contribution in [0.4, 0.5) is 0 Å². The number of rotatable bonds is 3. The summed E-state index contributed by atoms with van der Waals surface area (Å²) in [5, 5.41) is 7.31. The van der Waals surface area contributed by atoms with Gasteiger partial charge in [0.05, 0.1) is 0 Å². The molecule has 1 aliphatic rings. The van der Waals surface area contributed by atoms with E-state index in [1.807, 2.05) is 11.3 Å². The fraction of sp³-hybridized carbons (Fsp3) is 0.529. The summed E-state index contributed by atoms with van der Waals surface area (Å²) in [5.74, 6) is 0.678. The van der Waals surface area contributed by atoms with Crippen LogP contribution < -0.4 is 5.32 Å². The lowest BCUT2D eigenvalue weighted by Gasteiger charge is -2.18. The zero-order chi connectivity index (χ0) is 14.7. The summed E-state index contributed by atoms with van der Waals surface area (Å²) in [6.45, 7) is 9.58. The van der Waals surface area contributed by atoms with Gasteiger partial charge < -0.3 is 5.32 Å². The first-order valence-electron chi connectivity index (χ1n) is 7.15. The van der Waals surface area contributed by atoms with E-state index in [0.29, 0.717) is 22.8 Å². The molecule has 1 aliphatic carbocycles. The molecule has 1 aromatic heterocycles. The monoisotopic (exact) mass is 351 g/mol. The molecule has 0 radical (unpaired) electrons. The number of fused-ring (bicyclic) bond motifs is 1. The van der Waals surface area contributed by atoms with Crippen LogP contribution in [0.5, 0.6) is 0 Å². The molecule has 2 aromatic rings. The minimum absolute atomic E-state index is 0.390. The lowest BCUT2D eigenvalue weighted by molar-refractivity contribution is 0.441. The Hall–Kier alpha value is -0.380. The first-order valence-corrected chi connectivity index (χ1v) is 8.82. The van der Waals surface area contributed by atoms with Crippen molar-refractivity contribution in [2.24, 2.45) is 16.7 Å². The SMILES string of the molecule is CNC(c1csc2c(Br)cccc12)C1C(C)(C)C1(C)C. The minimum atomic E-state index is 0.390. The number of halogens is 1. The third-order valence-corrected chi connectivity index (χ3v) is 7.66. The molecule has 0 saturated heterocycles. The lowest BCUT2D eigenvalue weighted by Crippen LogP contribution is -2.21. The van der Waals surface area contributed by atoms with Crippen LogP contribution in [-0.4, -0.2) is 7.05 Å². The molecule has 1 nitrogen and oxygen atoms in total. The first kappa shape index (κ1) is 14.6. The van der Waals surface area contributed by atoms with E-state index in [0.717, 1.165) is 0 Å². The Balaban J connectivity index is 2.08. The molecule has 0 bridgehead atoms. The standard InChI is InChI=1S/C17H22BrNS/c1-16(2)15(17(16,3)4)13(19-5)11-9-20-14-10(11)7-6-8-12(14)18/h6-9,13,15,19H,1-5H3. The van der Waals surface area contributed by atoms with Gasteiger partial charge in [-0.2, -0.15) is 0 Å². The van der Waals surface area contributed by atoms with E-state index < -0.39 is 0 Å². The summed E-state index contributed by atoms with van der Waals surface area (Å²) < 4.78 is 2.56. The van der Waals surface area contributed by atoms with Gasteiger partial charge in [-0.25, -0.2) is 0 Å². The molecule has 1 saturated carbocycles. The molecule has 20 heavy (non-hydrogen) atoms. The second kappa shape index (κ2) is 4.56. The van der Waals surface area contributed by atoms with Crippen molar-refractivity contribution >= 4 is 37.4 Å². The number of benzene rings is 1. The Bertz CT molecular complexity index is 642. The van der Waals surface area contributed by atoms with Crippen LogP contribution in [0.2, 0.25) is 0 Å². The highest BCUT2D eigenvalue weighted by Crippen LogP contribution is 2.72. The largest absolute Gasteiger partial charge is 0.313 e. The maximum absolute atomic E-state index is 3.67. The van der Waals surface area contributed by atoms with Gasteiger partial charge in [-0.3, -0.25) is 0 Å². The van der Waals surface area contributed by atoms with Crippen molar-refractivity contribution in [2.45, 2.75) is 33.7 Å². The molecular formula is C17H22BrNS. The normalized spacial score (nSPS) is 22.1. The summed E-state index contributed by atoms with van der Waals surface area (Å²) in [7, 11) is 2.09. The van der Waals surface area contributed by atoms with Crippen LogP contribution in [0.1, 0.15) is 39.3 Å². The van der Waals surface area contributed by atoms with Crippen LogP contribution >= 0.6 is 27.3 Å². The van der Waals surface area contributed by atoms with Gasteiger partial charge in [-0.05, 0) is 62.1 Å². The zero-order valence-electron chi connectivity index (χ0n) is 12.8. The van der Waals surface area contributed by atoms with Gasteiger partial charge in [0.2, 0.25) is 0 Å². The van der Waals surface area contributed by atoms with E-state index in [-0.39, 0.29) is 0 Å². The van der Waals surface area contributed by atoms with Crippen LogP contribution in [-0.2, 0) is 0 Å². The van der Waals surface area contributed by atoms with E-state index in [9.17, 15) is 0 Å². The number of thiophene rings is 1. The predicted molar refractivity (Wildman–Crippen MR) is 92.4 cm³/mol. The van der Waals surface area contributed by atoms with E-state index in [4.69, 9.17) is 0 Å². The molecule has 1 heterocycles. The van der Waals surface area contributed by atoms with Gasteiger partial charge in [0.1, 0.15) is 0 Å². The summed E-state index contributed by atoms with van der Waals surface area (Å²) in [6, 6.07) is 6.95. The summed E-state index contributed by atoms with van der Waals surface area (Å²) in [5.41, 5.74) is 2.24. The van der Waals surface area contributed by atoms with E-state index in [1.165, 1.54) is 20.1 Å². The van der Waals surface area contributed by atoms with Crippen molar-refractivity contribution in [1.29, 1.82) is 0 Å². The van der Waals surface area contributed by atoms with Crippen LogP contribution in [0.25, 0.3) is 10.1 Å². The molecule has 108 valence electrons. The van der Waals surface area contributed by atoms with Gasteiger partial charge in [0, 0.05) is 15.2 Å². The summed E-state index contributed by atoms with van der Waals surface area (Å²) in [6.07, 6.45) is 0. The quantitative estimate of drug-likeness (QED) is 0.757. The van der Waals surface area contributed by atoms with Crippen molar-refractivity contribution in [1.82, 2.24) is 5.32 Å². The molecule has 1 N–H and O–H groups in total. The number of hydrogen-bond donors (Lipinski definition) is 1. The summed E-state index contributed by atoms with van der Waals surface area (Å²) >= 11 is 5.51. The Kier molecular flexibility index (Phi) is 3.32. The molecule has 0 amide bonds. The Morgan fingerprint density at radius 1 is 1.20 bits per heavy atom. The number of hydrogen-bond acceptors (Lipinski definition) is 2. The average Bonchev–Trinajstić information content (AvgIpc) is 2.72. The van der Waals surface area contributed by atoms with Crippen LogP contribution in [0.15, 0.2) is 28.1 Å². The lowest BCUT2D eigenvalue weighted by atomic mass is 9.96. The molecule has 3 rings (SSSR count). The molecule has 1 atom stereocenters. The molecule has 0 aliphatic heterocycles. The minimum Gasteiger partial charge on any atom is -0.313 e.